The summed E-state index contributed by atoms with van der Waals surface area (Å²) < 4.78 is 0. The summed E-state index contributed by atoms with van der Waals surface area (Å²) in [6, 6.07) is 1.13. The molecule has 3 atom stereocenters. The van der Waals surface area contributed by atoms with Crippen LogP contribution in [-0.4, -0.2) is 17.9 Å². The quantitative estimate of drug-likeness (QED) is 0.592. The summed E-state index contributed by atoms with van der Waals surface area (Å²) in [5.41, 5.74) is 0. The van der Waals surface area contributed by atoms with E-state index in [4.69, 9.17) is 0 Å². The van der Waals surface area contributed by atoms with Gasteiger partial charge in [-0.3, -0.25) is 4.79 Å². The molecule has 1 heterocycles. The van der Waals surface area contributed by atoms with Gasteiger partial charge in [-0.25, -0.2) is 0 Å². The average Bonchev–Trinajstić information content (AvgIpc) is 2.04. The molecule has 1 aliphatic heterocycles. The van der Waals surface area contributed by atoms with Crippen molar-refractivity contribution in [1.29, 1.82) is 0 Å². The Labute approximate surface area is 73.7 Å². The van der Waals surface area contributed by atoms with Crippen LogP contribution in [0.5, 0.6) is 0 Å². The third-order valence-electron chi connectivity index (χ3n) is 3.25. The van der Waals surface area contributed by atoms with Gasteiger partial charge in [0.25, 0.3) is 0 Å². The van der Waals surface area contributed by atoms with Crippen molar-refractivity contribution < 1.29 is 4.79 Å². The fourth-order valence-electron chi connectivity index (χ4n) is 2.55. The molecule has 0 aromatic carbocycles. The van der Waals surface area contributed by atoms with E-state index in [1.54, 1.807) is 0 Å². The van der Waals surface area contributed by atoms with Crippen LogP contribution in [0.3, 0.4) is 0 Å². The minimum atomic E-state index is 0.356. The second-order valence-corrected chi connectivity index (χ2v) is 4.22. The maximum atomic E-state index is 11.5. The van der Waals surface area contributed by atoms with Crippen LogP contribution >= 0.6 is 0 Å². The third-order valence-corrected chi connectivity index (χ3v) is 3.25. The zero-order valence-electron chi connectivity index (χ0n) is 7.68. The smallest absolute Gasteiger partial charge is 0.137 e. The van der Waals surface area contributed by atoms with Crippen LogP contribution in [0.25, 0.3) is 0 Å². The maximum Gasteiger partial charge on any atom is 0.137 e. The van der Waals surface area contributed by atoms with E-state index in [2.05, 4.69) is 12.2 Å². The van der Waals surface area contributed by atoms with Gasteiger partial charge in [0, 0.05) is 24.4 Å². The number of Topliss-reactive ketones (excluding diaryl/α,β-unsaturated/α-hetero) is 1. The Bertz CT molecular complexity index is 190. The van der Waals surface area contributed by atoms with Crippen molar-refractivity contribution in [3.8, 4) is 0 Å². The van der Waals surface area contributed by atoms with E-state index in [0.717, 1.165) is 19.3 Å². The predicted octanol–water partition coefficient (Wildman–Crippen LogP) is 1.50. The Hall–Kier alpha value is -0.370. The first-order valence-electron chi connectivity index (χ1n) is 5.06. The minimum absolute atomic E-state index is 0.356. The maximum absolute atomic E-state index is 11.5. The number of nitrogens with one attached hydrogen (secondary N) is 1. The van der Waals surface area contributed by atoms with Crippen molar-refractivity contribution in [2.75, 3.05) is 0 Å². The van der Waals surface area contributed by atoms with Gasteiger partial charge in [-0.15, -0.1) is 0 Å². The van der Waals surface area contributed by atoms with Crippen molar-refractivity contribution in [2.45, 2.75) is 51.1 Å². The molecule has 2 rings (SSSR count). The fourth-order valence-corrected chi connectivity index (χ4v) is 2.55. The number of hydrogen-bond acceptors (Lipinski definition) is 2. The van der Waals surface area contributed by atoms with Gasteiger partial charge in [-0.2, -0.15) is 0 Å². The number of fused-ring (bicyclic) bond motifs is 1. The molecular weight excluding hydrogens is 150 g/mol. The monoisotopic (exact) mass is 167 g/mol. The number of ketones is 1. The third kappa shape index (κ3) is 1.40. The van der Waals surface area contributed by atoms with Crippen LogP contribution in [0.4, 0.5) is 0 Å². The van der Waals surface area contributed by atoms with Gasteiger partial charge in [0.1, 0.15) is 5.78 Å². The summed E-state index contributed by atoms with van der Waals surface area (Å²) in [6.45, 7) is 2.22. The van der Waals surface area contributed by atoms with Crippen LogP contribution in [0.1, 0.15) is 39.0 Å². The molecule has 0 aromatic heterocycles. The lowest BCUT2D eigenvalue weighted by atomic mass is 9.77. The van der Waals surface area contributed by atoms with Crippen LogP contribution in [0.15, 0.2) is 0 Å². The summed E-state index contributed by atoms with van der Waals surface area (Å²) in [5.74, 6) is 0.862. The highest BCUT2D eigenvalue weighted by Crippen LogP contribution is 2.29. The fraction of sp³-hybridized carbons (Fsp3) is 0.900. The molecule has 0 spiro atoms. The van der Waals surface area contributed by atoms with E-state index >= 15 is 0 Å². The molecule has 0 bridgehead atoms. The van der Waals surface area contributed by atoms with Crippen LogP contribution < -0.4 is 5.32 Å². The summed E-state index contributed by atoms with van der Waals surface area (Å²) >= 11 is 0. The number of carbonyl (C=O) groups excluding carboxylic acids is 1. The molecule has 0 unspecified atom stereocenters. The molecule has 1 aliphatic carbocycles. The molecule has 2 nitrogen and oxygen atoms in total. The van der Waals surface area contributed by atoms with Gasteiger partial charge >= 0.3 is 0 Å². The minimum Gasteiger partial charge on any atom is -0.311 e. The summed E-state index contributed by atoms with van der Waals surface area (Å²) in [6.07, 6.45) is 5.43. The number of rotatable bonds is 0. The van der Waals surface area contributed by atoms with E-state index in [1.807, 2.05) is 0 Å². The molecule has 2 heteroatoms. The van der Waals surface area contributed by atoms with E-state index in [9.17, 15) is 4.79 Å². The van der Waals surface area contributed by atoms with Crippen molar-refractivity contribution in [2.24, 2.45) is 5.92 Å². The van der Waals surface area contributed by atoms with Gasteiger partial charge in [0.2, 0.25) is 0 Å². The molecule has 12 heavy (non-hydrogen) atoms. The Balaban J connectivity index is 2.04. The van der Waals surface area contributed by atoms with E-state index in [-0.39, 0.29) is 0 Å². The summed E-state index contributed by atoms with van der Waals surface area (Å²) in [7, 11) is 0. The van der Waals surface area contributed by atoms with Crippen LogP contribution in [-0.2, 0) is 4.79 Å². The van der Waals surface area contributed by atoms with E-state index < -0.39 is 0 Å². The Kier molecular flexibility index (Phi) is 2.18. The summed E-state index contributed by atoms with van der Waals surface area (Å²) in [4.78, 5) is 11.5. The highest BCUT2D eigenvalue weighted by Gasteiger charge is 2.35. The van der Waals surface area contributed by atoms with Crippen molar-refractivity contribution in [3.05, 3.63) is 0 Å². The zero-order valence-corrected chi connectivity index (χ0v) is 7.68. The van der Waals surface area contributed by atoms with E-state index in [1.165, 1.54) is 12.8 Å². The van der Waals surface area contributed by atoms with Gasteiger partial charge in [-0.05, 0) is 32.6 Å². The molecule has 1 saturated carbocycles. The molecule has 2 fully saturated rings. The molecule has 0 amide bonds. The lowest BCUT2D eigenvalue weighted by Gasteiger charge is -2.38. The van der Waals surface area contributed by atoms with Gasteiger partial charge in [-0.1, -0.05) is 0 Å². The zero-order chi connectivity index (χ0) is 8.55. The van der Waals surface area contributed by atoms with Gasteiger partial charge < -0.3 is 5.32 Å². The number of piperidine rings is 1. The molecule has 0 aromatic rings. The predicted molar refractivity (Wildman–Crippen MR) is 48.0 cm³/mol. The van der Waals surface area contributed by atoms with Crippen LogP contribution in [0.2, 0.25) is 0 Å². The highest BCUT2D eigenvalue weighted by atomic mass is 16.1. The highest BCUT2D eigenvalue weighted by molar-refractivity contribution is 5.82. The number of hydrogen-bond donors (Lipinski definition) is 1. The SMILES string of the molecule is C[C@H]1CC[C@@H]2C(=O)CCC[C@H]2N1. The van der Waals surface area contributed by atoms with Gasteiger partial charge in [0.05, 0.1) is 0 Å². The molecule has 68 valence electrons. The summed E-state index contributed by atoms with van der Waals surface area (Å²) in [5, 5.41) is 3.53. The molecule has 2 aliphatic rings. The Morgan fingerprint density at radius 2 is 2.17 bits per heavy atom. The molecule has 1 N–H and O–H groups in total. The van der Waals surface area contributed by atoms with Crippen molar-refractivity contribution >= 4 is 5.78 Å². The van der Waals surface area contributed by atoms with E-state index in [0.29, 0.717) is 23.8 Å². The number of carbonyl (C=O) groups is 1. The lowest BCUT2D eigenvalue weighted by Crippen LogP contribution is -2.50. The first-order chi connectivity index (χ1) is 5.77. The Morgan fingerprint density at radius 3 is 3.00 bits per heavy atom. The first-order valence-corrected chi connectivity index (χ1v) is 5.06. The average molecular weight is 167 g/mol. The molecule has 1 saturated heterocycles. The standard InChI is InChI=1S/C10H17NO/c1-7-5-6-8-9(11-7)3-2-4-10(8)12/h7-9,11H,2-6H2,1H3/t7-,8-,9+/m0/s1. The van der Waals surface area contributed by atoms with Crippen LogP contribution in [0, 0.1) is 5.92 Å². The van der Waals surface area contributed by atoms with Crippen molar-refractivity contribution in [1.82, 2.24) is 5.32 Å². The molecular formula is C10H17NO. The van der Waals surface area contributed by atoms with Crippen molar-refractivity contribution in [3.63, 3.8) is 0 Å². The Morgan fingerprint density at radius 1 is 1.33 bits per heavy atom. The topological polar surface area (TPSA) is 29.1 Å². The molecule has 0 radical (unpaired) electrons. The second-order valence-electron chi connectivity index (χ2n) is 4.22. The largest absolute Gasteiger partial charge is 0.311 e. The van der Waals surface area contributed by atoms with Gasteiger partial charge in [0.15, 0.2) is 0 Å². The second kappa shape index (κ2) is 3.17. The normalized spacial score (nSPS) is 42.4. The first kappa shape index (κ1) is 8.24. The lowest BCUT2D eigenvalue weighted by molar-refractivity contribution is -0.126.